The first-order chi connectivity index (χ1) is 8.24. The number of halogens is 1. The van der Waals surface area contributed by atoms with Crippen LogP contribution in [0.1, 0.15) is 17.7 Å². The second-order valence-corrected chi connectivity index (χ2v) is 5.78. The molecule has 0 spiro atoms. The maximum Gasteiger partial charge on any atom is 0.244 e. The van der Waals surface area contributed by atoms with E-state index in [4.69, 9.17) is 4.74 Å². The van der Waals surface area contributed by atoms with Gasteiger partial charge in [-0.2, -0.15) is 0 Å². The van der Waals surface area contributed by atoms with Crippen molar-refractivity contribution in [3.05, 3.63) is 26.9 Å². The van der Waals surface area contributed by atoms with Crippen molar-refractivity contribution in [2.24, 2.45) is 0 Å². The molecule has 0 aromatic carbocycles. The summed E-state index contributed by atoms with van der Waals surface area (Å²) in [6.07, 6.45) is 5.43. The summed E-state index contributed by atoms with van der Waals surface area (Å²) in [4.78, 5) is 12.7. The molecule has 1 aromatic heterocycles. The molecule has 5 heteroatoms. The van der Waals surface area contributed by atoms with Gasteiger partial charge < -0.3 is 10.1 Å². The molecule has 0 saturated carbocycles. The number of hydrogen-bond acceptors (Lipinski definition) is 3. The molecule has 0 radical (unpaired) electrons. The molecule has 1 N–H and O–H groups in total. The largest absolute Gasteiger partial charge is 0.379 e. The Bertz CT molecular complexity index is 410. The van der Waals surface area contributed by atoms with Crippen molar-refractivity contribution in [2.45, 2.75) is 18.9 Å². The van der Waals surface area contributed by atoms with Gasteiger partial charge in [-0.25, -0.2) is 0 Å². The zero-order chi connectivity index (χ0) is 12.1. The van der Waals surface area contributed by atoms with E-state index in [-0.39, 0.29) is 11.9 Å². The normalized spacial score (nSPS) is 20.6. The van der Waals surface area contributed by atoms with Crippen molar-refractivity contribution < 1.29 is 9.53 Å². The molecule has 2 heterocycles. The molecule has 1 fully saturated rings. The predicted octanol–water partition coefficient (Wildman–Crippen LogP) is 2.82. The van der Waals surface area contributed by atoms with Gasteiger partial charge in [0.25, 0.3) is 0 Å². The number of hydrogen-bond donors (Lipinski definition) is 1. The van der Waals surface area contributed by atoms with E-state index in [0.29, 0.717) is 6.61 Å². The van der Waals surface area contributed by atoms with Crippen molar-refractivity contribution in [1.29, 1.82) is 0 Å². The number of amides is 1. The van der Waals surface area contributed by atoms with E-state index in [0.717, 1.165) is 28.8 Å². The Kier molecular flexibility index (Phi) is 4.76. The van der Waals surface area contributed by atoms with E-state index in [1.54, 1.807) is 17.4 Å². The van der Waals surface area contributed by atoms with Gasteiger partial charge in [-0.05, 0) is 40.9 Å². The third-order valence-electron chi connectivity index (χ3n) is 2.49. The van der Waals surface area contributed by atoms with Crippen LogP contribution in [0.4, 0.5) is 0 Å². The lowest BCUT2D eigenvalue weighted by Gasteiger charge is -2.22. The molecule has 1 amide bonds. The summed E-state index contributed by atoms with van der Waals surface area (Å²) in [5.41, 5.74) is 0. The van der Waals surface area contributed by atoms with Crippen LogP contribution in [0.2, 0.25) is 0 Å². The predicted molar refractivity (Wildman–Crippen MR) is 73.0 cm³/mol. The van der Waals surface area contributed by atoms with Gasteiger partial charge in [-0.1, -0.05) is 0 Å². The molecule has 92 valence electrons. The van der Waals surface area contributed by atoms with Gasteiger partial charge >= 0.3 is 0 Å². The minimum atomic E-state index is -0.0509. The molecule has 2 rings (SSSR count). The highest BCUT2D eigenvalue weighted by Gasteiger charge is 2.14. The Morgan fingerprint density at radius 1 is 1.65 bits per heavy atom. The summed E-state index contributed by atoms with van der Waals surface area (Å²) >= 11 is 4.98. The second kappa shape index (κ2) is 6.33. The molecule has 1 saturated heterocycles. The van der Waals surface area contributed by atoms with Crippen LogP contribution in [-0.2, 0) is 9.53 Å². The van der Waals surface area contributed by atoms with Crippen LogP contribution in [0.25, 0.3) is 6.08 Å². The number of rotatable bonds is 3. The summed E-state index contributed by atoms with van der Waals surface area (Å²) in [6.45, 7) is 1.44. The van der Waals surface area contributed by atoms with Crippen molar-refractivity contribution in [3.63, 3.8) is 0 Å². The van der Waals surface area contributed by atoms with Crippen LogP contribution < -0.4 is 5.32 Å². The molecule has 1 aliphatic heterocycles. The Morgan fingerprint density at radius 2 is 2.53 bits per heavy atom. The van der Waals surface area contributed by atoms with Crippen molar-refractivity contribution in [2.75, 3.05) is 13.2 Å². The maximum atomic E-state index is 11.6. The summed E-state index contributed by atoms with van der Waals surface area (Å²) in [5.74, 6) is -0.0509. The lowest BCUT2D eigenvalue weighted by Crippen LogP contribution is -2.39. The van der Waals surface area contributed by atoms with Crippen molar-refractivity contribution in [3.8, 4) is 0 Å². The van der Waals surface area contributed by atoms with Crippen LogP contribution in [0.5, 0.6) is 0 Å². The lowest BCUT2D eigenvalue weighted by atomic mass is 10.1. The van der Waals surface area contributed by atoms with Crippen LogP contribution in [0.15, 0.2) is 22.0 Å². The molecular weight excluding hydrogens is 302 g/mol. The second-order valence-electron chi connectivity index (χ2n) is 3.92. The van der Waals surface area contributed by atoms with Gasteiger partial charge in [-0.3, -0.25) is 4.79 Å². The van der Waals surface area contributed by atoms with E-state index in [1.165, 1.54) is 0 Å². The molecule has 0 aliphatic carbocycles. The molecule has 1 aromatic rings. The number of carbonyl (C=O) groups is 1. The molecule has 1 aliphatic rings. The molecule has 17 heavy (non-hydrogen) atoms. The van der Waals surface area contributed by atoms with Crippen LogP contribution in [-0.4, -0.2) is 25.2 Å². The molecule has 0 bridgehead atoms. The molecule has 3 nitrogen and oxygen atoms in total. The van der Waals surface area contributed by atoms with Crippen molar-refractivity contribution in [1.82, 2.24) is 5.32 Å². The highest BCUT2D eigenvalue weighted by Crippen LogP contribution is 2.20. The molecule has 1 unspecified atom stereocenters. The third-order valence-corrected chi connectivity index (χ3v) is 4.15. The monoisotopic (exact) mass is 315 g/mol. The Hall–Kier alpha value is -0.650. The fourth-order valence-corrected chi connectivity index (χ4v) is 3.01. The summed E-state index contributed by atoms with van der Waals surface area (Å²) in [7, 11) is 0. The Morgan fingerprint density at radius 3 is 3.18 bits per heavy atom. The van der Waals surface area contributed by atoms with Crippen LogP contribution in [0, 0.1) is 0 Å². The smallest absolute Gasteiger partial charge is 0.244 e. The maximum absolute atomic E-state index is 11.6. The first-order valence-electron chi connectivity index (χ1n) is 5.54. The van der Waals surface area contributed by atoms with Gasteiger partial charge in [0, 0.05) is 27.4 Å². The van der Waals surface area contributed by atoms with E-state index in [2.05, 4.69) is 21.2 Å². The van der Waals surface area contributed by atoms with E-state index in [9.17, 15) is 4.79 Å². The lowest BCUT2D eigenvalue weighted by molar-refractivity contribution is -0.118. The van der Waals surface area contributed by atoms with Crippen LogP contribution in [0.3, 0.4) is 0 Å². The Labute approximate surface area is 113 Å². The molecular formula is C12H14BrNO2S. The van der Waals surface area contributed by atoms with Gasteiger partial charge in [0.15, 0.2) is 0 Å². The average molecular weight is 316 g/mol. The first kappa shape index (κ1) is 12.8. The molecule has 1 atom stereocenters. The zero-order valence-corrected chi connectivity index (χ0v) is 11.7. The highest BCUT2D eigenvalue weighted by atomic mass is 79.9. The topological polar surface area (TPSA) is 38.3 Å². The van der Waals surface area contributed by atoms with Crippen molar-refractivity contribution >= 4 is 39.2 Å². The zero-order valence-electron chi connectivity index (χ0n) is 9.32. The first-order valence-corrected chi connectivity index (χ1v) is 7.21. The number of thiophene rings is 1. The quantitative estimate of drug-likeness (QED) is 0.871. The standard InChI is InChI=1S/C12H14BrNO2S/c13-9-6-11(17-8-9)3-4-12(15)14-10-2-1-5-16-7-10/h3-4,6,8,10H,1-2,5,7H2,(H,14,15). The van der Waals surface area contributed by atoms with E-state index < -0.39 is 0 Å². The summed E-state index contributed by atoms with van der Waals surface area (Å²) < 4.78 is 6.35. The minimum Gasteiger partial charge on any atom is -0.379 e. The highest BCUT2D eigenvalue weighted by molar-refractivity contribution is 9.10. The van der Waals surface area contributed by atoms with Gasteiger partial charge in [0.1, 0.15) is 0 Å². The van der Waals surface area contributed by atoms with Gasteiger partial charge in [0.05, 0.1) is 12.6 Å². The number of ether oxygens (including phenoxy) is 1. The summed E-state index contributed by atoms with van der Waals surface area (Å²) in [5, 5.41) is 4.93. The van der Waals surface area contributed by atoms with Gasteiger partial charge in [0.2, 0.25) is 5.91 Å². The van der Waals surface area contributed by atoms with E-state index >= 15 is 0 Å². The fraction of sp³-hybridized carbons (Fsp3) is 0.417. The minimum absolute atomic E-state index is 0.0509. The number of nitrogens with one attached hydrogen (secondary N) is 1. The van der Waals surface area contributed by atoms with Crippen LogP contribution >= 0.6 is 27.3 Å². The Balaban J connectivity index is 1.82. The summed E-state index contributed by atoms with van der Waals surface area (Å²) in [6, 6.07) is 2.15. The van der Waals surface area contributed by atoms with Gasteiger partial charge in [-0.15, -0.1) is 11.3 Å². The third kappa shape index (κ3) is 4.26. The fourth-order valence-electron chi connectivity index (χ4n) is 1.68. The van der Waals surface area contributed by atoms with E-state index in [1.807, 2.05) is 17.5 Å². The SMILES string of the molecule is O=C(C=Cc1cc(Br)cs1)NC1CCCOC1. The average Bonchev–Trinajstić information content (AvgIpc) is 2.74. The number of carbonyl (C=O) groups excluding carboxylic acids is 1.